The molecule has 3 nitrogen and oxygen atoms in total. The molecule has 0 aliphatic carbocycles. The van der Waals surface area contributed by atoms with Gasteiger partial charge in [-0.3, -0.25) is 4.98 Å². The Morgan fingerprint density at radius 2 is 1.79 bits per heavy atom. The number of aromatic nitrogens is 1. The summed E-state index contributed by atoms with van der Waals surface area (Å²) in [4.78, 5) is 4.77. The van der Waals surface area contributed by atoms with Gasteiger partial charge in [0.1, 0.15) is 0 Å². The minimum Gasteiger partial charge on any atom is -0.513 e. The Kier molecular flexibility index (Phi) is 9.26. The van der Waals surface area contributed by atoms with Crippen molar-refractivity contribution in [2.75, 3.05) is 0 Å². The van der Waals surface area contributed by atoms with Crippen LogP contribution in [0.15, 0.2) is 78.7 Å². The molecule has 0 bridgehead atoms. The van der Waals surface area contributed by atoms with Crippen molar-refractivity contribution in [2.45, 2.75) is 72.0 Å². The summed E-state index contributed by atoms with van der Waals surface area (Å²) in [6.07, 6.45) is 8.97. The van der Waals surface area contributed by atoms with E-state index in [-0.39, 0.29) is 12.2 Å². The molecule has 0 aliphatic rings. The summed E-state index contributed by atoms with van der Waals surface area (Å²) in [6, 6.07) is 21.4. The number of hydrogen-bond acceptors (Lipinski definition) is 3. The summed E-state index contributed by atoms with van der Waals surface area (Å²) < 4.78 is 6.07. The minimum atomic E-state index is -0.0675. The van der Waals surface area contributed by atoms with E-state index in [0.29, 0.717) is 5.76 Å². The van der Waals surface area contributed by atoms with Gasteiger partial charge in [-0.2, -0.15) is 0 Å². The van der Waals surface area contributed by atoms with Crippen molar-refractivity contribution >= 4 is 0 Å². The van der Waals surface area contributed by atoms with Gasteiger partial charge in [-0.25, -0.2) is 0 Å². The maximum absolute atomic E-state index is 9.44. The highest BCUT2D eigenvalue weighted by molar-refractivity contribution is 5.71. The molecule has 0 amide bonds. The topological polar surface area (TPSA) is 42.4 Å². The molecule has 174 valence electrons. The van der Waals surface area contributed by atoms with Crippen molar-refractivity contribution in [3.8, 4) is 22.4 Å². The fourth-order valence-electron chi connectivity index (χ4n) is 4.30. The van der Waals surface area contributed by atoms with Gasteiger partial charge in [0.25, 0.3) is 0 Å². The summed E-state index contributed by atoms with van der Waals surface area (Å²) in [7, 11) is 0. The number of hydrogen-bond donors (Lipinski definition) is 1. The van der Waals surface area contributed by atoms with E-state index in [0.717, 1.165) is 43.4 Å². The Balaban J connectivity index is 1.67. The number of allylic oxidation sites excluding steroid dienone is 1. The molecule has 3 rings (SSSR count). The maximum atomic E-state index is 9.44. The van der Waals surface area contributed by atoms with Gasteiger partial charge < -0.3 is 9.84 Å². The van der Waals surface area contributed by atoms with Crippen molar-refractivity contribution in [3.05, 3.63) is 89.8 Å². The quantitative estimate of drug-likeness (QED) is 0.306. The first-order valence-corrected chi connectivity index (χ1v) is 12.2. The van der Waals surface area contributed by atoms with E-state index in [9.17, 15) is 5.11 Å². The Labute approximate surface area is 199 Å². The van der Waals surface area contributed by atoms with Gasteiger partial charge >= 0.3 is 0 Å². The van der Waals surface area contributed by atoms with Gasteiger partial charge in [0, 0.05) is 17.3 Å². The fourth-order valence-corrected chi connectivity index (χ4v) is 4.30. The van der Waals surface area contributed by atoms with E-state index in [1.165, 1.54) is 22.3 Å². The van der Waals surface area contributed by atoms with Crippen LogP contribution in [0.25, 0.3) is 22.4 Å². The van der Waals surface area contributed by atoms with E-state index in [1.54, 1.807) is 13.0 Å². The molecule has 3 aromatic rings. The molecule has 0 saturated heterocycles. The van der Waals surface area contributed by atoms with E-state index in [4.69, 9.17) is 9.72 Å². The number of ether oxygens (including phenoxy) is 1. The second-order valence-electron chi connectivity index (χ2n) is 8.72. The van der Waals surface area contributed by atoms with Crippen molar-refractivity contribution in [2.24, 2.45) is 0 Å². The normalized spacial score (nSPS) is 13.6. The minimum absolute atomic E-state index is 0.0675. The van der Waals surface area contributed by atoms with E-state index in [1.807, 2.05) is 19.2 Å². The number of aliphatic hydroxyl groups is 1. The molecule has 0 aliphatic heterocycles. The highest BCUT2D eigenvalue weighted by atomic mass is 16.5. The summed E-state index contributed by atoms with van der Waals surface area (Å²) >= 11 is 0. The van der Waals surface area contributed by atoms with E-state index < -0.39 is 0 Å². The number of aliphatic hydroxyl groups excluding tert-OH is 1. The number of nitrogens with zero attached hydrogens (tertiary/aromatic N) is 1. The summed E-state index contributed by atoms with van der Waals surface area (Å²) in [5.41, 5.74) is 7.29. The molecule has 1 N–H and O–H groups in total. The molecule has 2 aromatic carbocycles. The zero-order valence-electron chi connectivity index (χ0n) is 20.4. The molecule has 0 fully saturated rings. The van der Waals surface area contributed by atoms with E-state index in [2.05, 4.69) is 68.4 Å². The number of pyridine rings is 1. The van der Waals surface area contributed by atoms with Crippen LogP contribution in [-0.4, -0.2) is 22.3 Å². The third-order valence-corrected chi connectivity index (χ3v) is 6.01. The Bertz CT molecular complexity index is 1040. The molecule has 1 unspecified atom stereocenters. The molecule has 0 saturated carbocycles. The van der Waals surface area contributed by atoms with Crippen molar-refractivity contribution in [1.29, 1.82) is 0 Å². The predicted molar refractivity (Wildman–Crippen MR) is 138 cm³/mol. The lowest BCUT2D eigenvalue weighted by Gasteiger charge is -2.19. The molecule has 0 spiro atoms. The largest absolute Gasteiger partial charge is 0.513 e. The van der Waals surface area contributed by atoms with Crippen LogP contribution in [0.3, 0.4) is 0 Å². The second-order valence-corrected chi connectivity index (χ2v) is 8.72. The van der Waals surface area contributed by atoms with Crippen LogP contribution < -0.4 is 0 Å². The van der Waals surface area contributed by atoms with Gasteiger partial charge in [0.15, 0.2) is 0 Å². The highest BCUT2D eigenvalue weighted by Gasteiger charge is 2.12. The first kappa shape index (κ1) is 24.7. The first-order valence-electron chi connectivity index (χ1n) is 12.2. The Hall–Kier alpha value is -2.91. The van der Waals surface area contributed by atoms with Crippen molar-refractivity contribution in [1.82, 2.24) is 4.98 Å². The smallest absolute Gasteiger partial charge is 0.0877 e. The number of rotatable bonds is 11. The van der Waals surface area contributed by atoms with Gasteiger partial charge in [-0.1, -0.05) is 68.4 Å². The Morgan fingerprint density at radius 3 is 2.48 bits per heavy atom. The lowest BCUT2D eigenvalue weighted by molar-refractivity contribution is 0.0132. The summed E-state index contributed by atoms with van der Waals surface area (Å²) in [5.74, 6) is 0.312. The van der Waals surface area contributed by atoms with Crippen molar-refractivity contribution < 1.29 is 9.84 Å². The molecule has 2 atom stereocenters. The van der Waals surface area contributed by atoms with Crippen LogP contribution in [0.1, 0.15) is 58.1 Å². The number of benzene rings is 2. The SMILES string of the molecule is CCc1cc(-c2ccccc2)ncc1-c1cccc(CCC[C@@H](CC)OC(C)/C=C(/C)O)c1. The van der Waals surface area contributed by atoms with Crippen molar-refractivity contribution in [3.63, 3.8) is 0 Å². The first-order chi connectivity index (χ1) is 16.0. The maximum Gasteiger partial charge on any atom is 0.0877 e. The standard InChI is InChI=1S/C30H37NO2/c1-5-25-20-30(26-14-8-7-9-15-26)31-21-29(25)27-16-10-12-24(19-27)13-11-17-28(6-2)33-23(4)18-22(3)32/h7-10,12,14-16,18-21,23,28,32H,5-6,11,13,17H2,1-4H3/b22-18-/t23?,28-/m1/s1. The van der Waals surface area contributed by atoms with Gasteiger partial charge in [0.2, 0.25) is 0 Å². The molecule has 33 heavy (non-hydrogen) atoms. The van der Waals surface area contributed by atoms with Crippen LogP contribution >= 0.6 is 0 Å². The predicted octanol–water partition coefficient (Wildman–Crippen LogP) is 7.95. The molecule has 0 radical (unpaired) electrons. The molecule has 1 heterocycles. The lowest BCUT2D eigenvalue weighted by Crippen LogP contribution is -2.18. The third-order valence-electron chi connectivity index (χ3n) is 6.01. The van der Waals surface area contributed by atoms with Gasteiger partial charge in [-0.15, -0.1) is 0 Å². The molecular weight excluding hydrogens is 406 g/mol. The van der Waals surface area contributed by atoms with Crippen LogP contribution in [0.5, 0.6) is 0 Å². The van der Waals surface area contributed by atoms with Gasteiger partial charge in [0.05, 0.1) is 23.7 Å². The third kappa shape index (κ3) is 7.30. The monoisotopic (exact) mass is 443 g/mol. The molecule has 1 aromatic heterocycles. The van der Waals surface area contributed by atoms with Gasteiger partial charge in [-0.05, 0) is 74.8 Å². The Morgan fingerprint density at radius 1 is 1.03 bits per heavy atom. The summed E-state index contributed by atoms with van der Waals surface area (Å²) in [5, 5.41) is 9.44. The average molecular weight is 444 g/mol. The fraction of sp³-hybridized carbons (Fsp3) is 0.367. The molecule has 3 heteroatoms. The van der Waals surface area contributed by atoms with Crippen LogP contribution in [0, 0.1) is 0 Å². The van der Waals surface area contributed by atoms with Crippen LogP contribution in [0.2, 0.25) is 0 Å². The number of aryl methyl sites for hydroxylation is 2. The van der Waals surface area contributed by atoms with E-state index >= 15 is 0 Å². The highest BCUT2D eigenvalue weighted by Crippen LogP contribution is 2.28. The summed E-state index contributed by atoms with van der Waals surface area (Å²) in [6.45, 7) is 8.03. The molecular formula is C30H37NO2. The zero-order valence-corrected chi connectivity index (χ0v) is 20.4. The van der Waals surface area contributed by atoms with Crippen LogP contribution in [0.4, 0.5) is 0 Å². The van der Waals surface area contributed by atoms with Crippen LogP contribution in [-0.2, 0) is 17.6 Å². The zero-order chi connectivity index (χ0) is 23.6. The second kappa shape index (κ2) is 12.4. The average Bonchev–Trinajstić information content (AvgIpc) is 2.83. The lowest BCUT2D eigenvalue weighted by atomic mass is 9.95.